The predicted molar refractivity (Wildman–Crippen MR) is 68.0 cm³/mol. The molecule has 3 nitrogen and oxygen atoms in total. The van der Waals surface area contributed by atoms with Crippen LogP contribution in [0.4, 0.5) is 5.69 Å². The second kappa shape index (κ2) is 6.01. The molecule has 0 heterocycles. The average molecular weight is 241 g/mol. The van der Waals surface area contributed by atoms with E-state index in [9.17, 15) is 4.21 Å². The van der Waals surface area contributed by atoms with Gasteiger partial charge in [0, 0.05) is 10.6 Å². The summed E-state index contributed by atoms with van der Waals surface area (Å²) in [7, 11) is -0.999. The highest BCUT2D eigenvalue weighted by atomic mass is 32.2. The number of hydrogen-bond donors (Lipinski definition) is 1. The minimum Gasteiger partial charge on any atom is -0.399 e. The molecule has 0 bridgehead atoms. The Bertz CT molecular complexity index is 377. The van der Waals surface area contributed by atoms with Crippen molar-refractivity contribution in [2.24, 2.45) is 0 Å². The molecule has 0 aromatic heterocycles. The van der Waals surface area contributed by atoms with Crippen molar-refractivity contribution in [1.82, 2.24) is 0 Å². The van der Waals surface area contributed by atoms with Crippen molar-refractivity contribution < 1.29 is 8.95 Å². The molecule has 1 rings (SSSR count). The van der Waals surface area contributed by atoms with Gasteiger partial charge in [0.05, 0.1) is 29.3 Å². The van der Waals surface area contributed by atoms with Gasteiger partial charge in [-0.15, -0.1) is 0 Å². The first-order valence-corrected chi connectivity index (χ1v) is 6.68. The van der Waals surface area contributed by atoms with E-state index in [0.29, 0.717) is 12.4 Å². The molecule has 0 aliphatic carbocycles. The fourth-order valence-electron chi connectivity index (χ4n) is 1.27. The number of ether oxygens (including phenoxy) is 1. The number of aryl methyl sites for hydroxylation is 1. The van der Waals surface area contributed by atoms with Crippen LogP contribution >= 0.6 is 0 Å². The van der Waals surface area contributed by atoms with Crippen LogP contribution in [0.3, 0.4) is 0 Å². The lowest BCUT2D eigenvalue weighted by Crippen LogP contribution is -2.11. The van der Waals surface area contributed by atoms with E-state index in [1.807, 2.05) is 32.9 Å². The van der Waals surface area contributed by atoms with Crippen molar-refractivity contribution in [3.63, 3.8) is 0 Å². The molecule has 0 aliphatic heterocycles. The minimum atomic E-state index is -0.999. The molecule has 0 amide bonds. The SMILES string of the molecule is Cc1cc(S(=O)CCOC(C)C)ccc1N. The predicted octanol–water partition coefficient (Wildman–Crippen LogP) is 2.11. The van der Waals surface area contributed by atoms with Crippen molar-refractivity contribution in [2.45, 2.75) is 31.8 Å². The van der Waals surface area contributed by atoms with Crippen molar-refractivity contribution in [3.05, 3.63) is 23.8 Å². The normalized spacial score (nSPS) is 13.0. The highest BCUT2D eigenvalue weighted by molar-refractivity contribution is 7.85. The minimum absolute atomic E-state index is 0.185. The van der Waals surface area contributed by atoms with Crippen LogP contribution in [0.1, 0.15) is 19.4 Å². The van der Waals surface area contributed by atoms with Crippen LogP contribution in [-0.4, -0.2) is 22.7 Å². The summed E-state index contributed by atoms with van der Waals surface area (Å²) in [5.41, 5.74) is 7.41. The zero-order valence-electron chi connectivity index (χ0n) is 10.0. The summed E-state index contributed by atoms with van der Waals surface area (Å²) in [5.74, 6) is 0.529. The number of rotatable bonds is 5. The Morgan fingerprint density at radius 3 is 2.69 bits per heavy atom. The highest BCUT2D eigenvalue weighted by Gasteiger charge is 2.05. The molecule has 0 saturated heterocycles. The van der Waals surface area contributed by atoms with E-state index in [4.69, 9.17) is 10.5 Å². The summed E-state index contributed by atoms with van der Waals surface area (Å²) in [6, 6.07) is 5.49. The number of hydrogen-bond acceptors (Lipinski definition) is 3. The first kappa shape index (κ1) is 13.2. The quantitative estimate of drug-likeness (QED) is 0.803. The molecule has 4 heteroatoms. The smallest absolute Gasteiger partial charge is 0.0588 e. The lowest BCUT2D eigenvalue weighted by atomic mass is 10.2. The molecule has 0 saturated carbocycles. The third kappa shape index (κ3) is 3.94. The van der Waals surface area contributed by atoms with Gasteiger partial charge in [-0.3, -0.25) is 4.21 Å². The highest BCUT2D eigenvalue weighted by Crippen LogP contribution is 2.15. The van der Waals surface area contributed by atoms with Crippen LogP contribution in [0.2, 0.25) is 0 Å². The molecular formula is C12H19NO2S. The number of anilines is 1. The lowest BCUT2D eigenvalue weighted by Gasteiger charge is -2.08. The van der Waals surface area contributed by atoms with Gasteiger partial charge in [-0.1, -0.05) is 0 Å². The largest absolute Gasteiger partial charge is 0.399 e. The maximum absolute atomic E-state index is 11.9. The Balaban J connectivity index is 2.56. The van der Waals surface area contributed by atoms with E-state index in [1.165, 1.54) is 0 Å². The molecule has 1 atom stereocenters. The molecule has 0 aliphatic rings. The topological polar surface area (TPSA) is 52.3 Å². The Morgan fingerprint density at radius 1 is 1.44 bits per heavy atom. The summed E-state index contributed by atoms with van der Waals surface area (Å²) in [6.07, 6.45) is 0.185. The maximum atomic E-state index is 11.9. The second-order valence-corrected chi connectivity index (χ2v) is 5.56. The Hall–Kier alpha value is -0.870. The number of benzene rings is 1. The van der Waals surface area contributed by atoms with Gasteiger partial charge in [-0.05, 0) is 44.5 Å². The van der Waals surface area contributed by atoms with Crippen LogP contribution in [0, 0.1) is 6.92 Å². The van der Waals surface area contributed by atoms with Gasteiger partial charge in [0.15, 0.2) is 0 Å². The van der Waals surface area contributed by atoms with E-state index in [1.54, 1.807) is 6.07 Å². The Morgan fingerprint density at radius 2 is 2.12 bits per heavy atom. The second-order valence-electron chi connectivity index (χ2n) is 3.99. The zero-order chi connectivity index (χ0) is 12.1. The Labute approximate surface area is 99.4 Å². The average Bonchev–Trinajstić information content (AvgIpc) is 2.21. The lowest BCUT2D eigenvalue weighted by molar-refractivity contribution is 0.0916. The molecule has 16 heavy (non-hydrogen) atoms. The molecule has 1 aromatic rings. The van der Waals surface area contributed by atoms with Crippen LogP contribution in [0.5, 0.6) is 0 Å². The molecular weight excluding hydrogens is 222 g/mol. The third-order valence-corrected chi connectivity index (χ3v) is 3.54. The van der Waals surface area contributed by atoms with Crippen molar-refractivity contribution in [3.8, 4) is 0 Å². The zero-order valence-corrected chi connectivity index (χ0v) is 10.8. The fourth-order valence-corrected chi connectivity index (χ4v) is 2.28. The fraction of sp³-hybridized carbons (Fsp3) is 0.500. The van der Waals surface area contributed by atoms with Gasteiger partial charge in [0.2, 0.25) is 0 Å². The van der Waals surface area contributed by atoms with Gasteiger partial charge < -0.3 is 10.5 Å². The summed E-state index contributed by atoms with van der Waals surface area (Å²) in [5, 5.41) is 0. The molecule has 90 valence electrons. The van der Waals surface area contributed by atoms with E-state index in [0.717, 1.165) is 16.1 Å². The van der Waals surface area contributed by atoms with E-state index >= 15 is 0 Å². The molecule has 1 aromatic carbocycles. The monoisotopic (exact) mass is 241 g/mol. The summed E-state index contributed by atoms with van der Waals surface area (Å²) in [4.78, 5) is 0.819. The van der Waals surface area contributed by atoms with Gasteiger partial charge in [-0.2, -0.15) is 0 Å². The summed E-state index contributed by atoms with van der Waals surface area (Å²) in [6.45, 7) is 6.38. The van der Waals surface area contributed by atoms with Crippen LogP contribution in [-0.2, 0) is 15.5 Å². The van der Waals surface area contributed by atoms with Gasteiger partial charge >= 0.3 is 0 Å². The number of nitrogen functional groups attached to an aromatic ring is 1. The van der Waals surface area contributed by atoms with Crippen LogP contribution < -0.4 is 5.73 Å². The first-order valence-electron chi connectivity index (χ1n) is 5.37. The van der Waals surface area contributed by atoms with Crippen molar-refractivity contribution >= 4 is 16.5 Å². The third-order valence-electron chi connectivity index (χ3n) is 2.22. The van der Waals surface area contributed by atoms with Crippen LogP contribution in [0.25, 0.3) is 0 Å². The first-order chi connectivity index (χ1) is 7.50. The van der Waals surface area contributed by atoms with Gasteiger partial charge in [0.1, 0.15) is 0 Å². The molecule has 2 N–H and O–H groups in total. The van der Waals surface area contributed by atoms with Gasteiger partial charge in [0.25, 0.3) is 0 Å². The number of nitrogens with two attached hydrogens (primary N) is 1. The summed E-state index contributed by atoms with van der Waals surface area (Å²) >= 11 is 0. The van der Waals surface area contributed by atoms with E-state index < -0.39 is 10.8 Å². The maximum Gasteiger partial charge on any atom is 0.0588 e. The van der Waals surface area contributed by atoms with Crippen molar-refractivity contribution in [1.29, 1.82) is 0 Å². The standard InChI is InChI=1S/C12H19NO2S/c1-9(2)15-6-7-16(14)11-4-5-12(13)10(3)8-11/h4-5,8-9H,6-7,13H2,1-3H3. The summed E-state index contributed by atoms with van der Waals surface area (Å²) < 4.78 is 17.3. The van der Waals surface area contributed by atoms with E-state index in [-0.39, 0.29) is 6.10 Å². The molecule has 0 radical (unpaired) electrons. The van der Waals surface area contributed by atoms with E-state index in [2.05, 4.69) is 0 Å². The molecule has 1 unspecified atom stereocenters. The van der Waals surface area contributed by atoms with Crippen LogP contribution in [0.15, 0.2) is 23.1 Å². The van der Waals surface area contributed by atoms with Crippen molar-refractivity contribution in [2.75, 3.05) is 18.1 Å². The van der Waals surface area contributed by atoms with Gasteiger partial charge in [-0.25, -0.2) is 0 Å². The molecule has 0 fully saturated rings. The molecule has 0 spiro atoms. The Kier molecular flexibility index (Phi) is 4.96.